The van der Waals surface area contributed by atoms with E-state index in [1.165, 1.54) is 11.1 Å². The molecule has 2 fully saturated rings. The molecule has 0 bridgehead atoms. The Morgan fingerprint density at radius 2 is 1.88 bits per heavy atom. The first kappa shape index (κ1) is 23.4. The lowest BCUT2D eigenvalue weighted by Crippen LogP contribution is -2.49. The molecule has 1 aromatic heterocycles. The number of hydrogen-bond donors (Lipinski definition) is 0. The predicted molar refractivity (Wildman–Crippen MR) is 124 cm³/mol. The summed E-state index contributed by atoms with van der Waals surface area (Å²) in [4.78, 5) is 31.9. The van der Waals surface area contributed by atoms with E-state index in [1.807, 2.05) is 4.90 Å². The van der Waals surface area contributed by atoms with E-state index in [-0.39, 0.29) is 23.6 Å². The number of amides is 2. The van der Waals surface area contributed by atoms with Gasteiger partial charge in [-0.15, -0.1) is 0 Å². The second-order valence-corrected chi connectivity index (χ2v) is 9.10. The third kappa shape index (κ3) is 6.42. The van der Waals surface area contributed by atoms with Crippen LogP contribution in [-0.2, 0) is 16.1 Å². The summed E-state index contributed by atoms with van der Waals surface area (Å²) in [5.41, 5.74) is 2.84. The number of hydrogen-bond acceptors (Lipinski definition) is 6. The second kappa shape index (κ2) is 10.9. The molecule has 0 spiro atoms. The summed E-state index contributed by atoms with van der Waals surface area (Å²) < 4.78 is 10.8. The van der Waals surface area contributed by atoms with Crippen molar-refractivity contribution in [2.24, 2.45) is 0 Å². The molecule has 1 atom stereocenters. The van der Waals surface area contributed by atoms with Gasteiger partial charge in [0.15, 0.2) is 5.69 Å². The second-order valence-electron chi connectivity index (χ2n) is 9.10. The Balaban J connectivity index is 1.27. The molecule has 3 heterocycles. The standard InChI is InChI=1S/C25H34N4O4/c1-19-5-7-21(8-6-19)17-27-11-13-28(14-12-27)24(30)9-10-29(18-22-4-3-15-32-22)25(31)23-16-20(2)33-26-23/h5-8,16,22H,3-4,9-15,17-18H2,1-2H3. The van der Waals surface area contributed by atoms with Crippen molar-refractivity contribution in [1.82, 2.24) is 19.9 Å². The van der Waals surface area contributed by atoms with Crippen molar-refractivity contribution in [3.63, 3.8) is 0 Å². The molecule has 8 heteroatoms. The van der Waals surface area contributed by atoms with Crippen LogP contribution in [0.3, 0.4) is 0 Å². The summed E-state index contributed by atoms with van der Waals surface area (Å²) in [6.45, 7) is 9.46. The van der Waals surface area contributed by atoms with E-state index < -0.39 is 0 Å². The Labute approximate surface area is 195 Å². The first-order valence-corrected chi connectivity index (χ1v) is 11.9. The lowest BCUT2D eigenvalue weighted by molar-refractivity contribution is -0.133. The number of piperazine rings is 1. The van der Waals surface area contributed by atoms with Gasteiger partial charge in [0, 0.05) is 64.9 Å². The largest absolute Gasteiger partial charge is 0.376 e. The third-order valence-corrected chi connectivity index (χ3v) is 6.43. The molecule has 4 rings (SSSR count). The van der Waals surface area contributed by atoms with Crippen LogP contribution in [0.4, 0.5) is 0 Å². The van der Waals surface area contributed by atoms with Crippen LogP contribution >= 0.6 is 0 Å². The molecule has 2 saturated heterocycles. The number of carbonyl (C=O) groups excluding carboxylic acids is 2. The highest BCUT2D eigenvalue weighted by molar-refractivity contribution is 5.92. The summed E-state index contributed by atoms with van der Waals surface area (Å²) in [7, 11) is 0. The van der Waals surface area contributed by atoms with Crippen LogP contribution in [0, 0.1) is 13.8 Å². The minimum atomic E-state index is -0.210. The Bertz CT molecular complexity index is 928. The molecule has 0 saturated carbocycles. The van der Waals surface area contributed by atoms with E-state index >= 15 is 0 Å². The summed E-state index contributed by atoms with van der Waals surface area (Å²) in [5.74, 6) is 0.472. The molecule has 0 N–H and O–H groups in total. The molecule has 178 valence electrons. The number of nitrogens with zero attached hydrogens (tertiary/aromatic N) is 4. The minimum absolute atomic E-state index is 0.0161. The van der Waals surface area contributed by atoms with Crippen molar-refractivity contribution in [2.75, 3.05) is 45.9 Å². The van der Waals surface area contributed by atoms with Crippen molar-refractivity contribution < 1.29 is 18.8 Å². The molecule has 2 amide bonds. The smallest absolute Gasteiger partial charge is 0.276 e. The minimum Gasteiger partial charge on any atom is -0.376 e. The van der Waals surface area contributed by atoms with Crippen LogP contribution in [-0.4, -0.2) is 83.7 Å². The molecule has 1 aromatic carbocycles. The van der Waals surface area contributed by atoms with Crippen molar-refractivity contribution >= 4 is 11.8 Å². The Hall–Kier alpha value is -2.71. The maximum Gasteiger partial charge on any atom is 0.276 e. The fourth-order valence-electron chi connectivity index (χ4n) is 4.43. The van der Waals surface area contributed by atoms with Crippen LogP contribution < -0.4 is 0 Å². The van der Waals surface area contributed by atoms with Gasteiger partial charge in [-0.1, -0.05) is 35.0 Å². The first-order chi connectivity index (χ1) is 16.0. The number of ether oxygens (including phenoxy) is 1. The zero-order valence-corrected chi connectivity index (χ0v) is 19.7. The number of carbonyl (C=O) groups is 2. The van der Waals surface area contributed by atoms with Gasteiger partial charge in [0.25, 0.3) is 5.91 Å². The van der Waals surface area contributed by atoms with E-state index in [2.05, 4.69) is 41.2 Å². The van der Waals surface area contributed by atoms with E-state index in [0.717, 1.165) is 39.1 Å². The predicted octanol–water partition coefficient (Wildman–Crippen LogP) is 2.65. The van der Waals surface area contributed by atoms with Crippen LogP contribution in [0.15, 0.2) is 34.9 Å². The van der Waals surface area contributed by atoms with Gasteiger partial charge in [0.05, 0.1) is 6.10 Å². The summed E-state index contributed by atoms with van der Waals surface area (Å²) >= 11 is 0. The van der Waals surface area contributed by atoms with Crippen molar-refractivity contribution in [1.29, 1.82) is 0 Å². The van der Waals surface area contributed by atoms with E-state index in [9.17, 15) is 9.59 Å². The van der Waals surface area contributed by atoms with Crippen molar-refractivity contribution in [3.05, 3.63) is 52.9 Å². The van der Waals surface area contributed by atoms with Crippen LogP contribution in [0.5, 0.6) is 0 Å². The van der Waals surface area contributed by atoms with Gasteiger partial charge in [-0.05, 0) is 32.3 Å². The van der Waals surface area contributed by atoms with Crippen molar-refractivity contribution in [3.8, 4) is 0 Å². The lowest BCUT2D eigenvalue weighted by atomic mass is 10.1. The molecule has 33 heavy (non-hydrogen) atoms. The summed E-state index contributed by atoms with van der Waals surface area (Å²) in [5, 5.41) is 3.87. The Morgan fingerprint density at radius 1 is 1.12 bits per heavy atom. The van der Waals surface area contributed by atoms with Gasteiger partial charge >= 0.3 is 0 Å². The number of aryl methyl sites for hydroxylation is 2. The molecule has 8 nitrogen and oxygen atoms in total. The summed E-state index contributed by atoms with van der Waals surface area (Å²) in [6, 6.07) is 10.3. The van der Waals surface area contributed by atoms with Crippen molar-refractivity contribution in [2.45, 2.75) is 45.8 Å². The third-order valence-electron chi connectivity index (χ3n) is 6.43. The topological polar surface area (TPSA) is 79.1 Å². The Morgan fingerprint density at radius 3 is 2.52 bits per heavy atom. The zero-order valence-electron chi connectivity index (χ0n) is 19.7. The highest BCUT2D eigenvalue weighted by Crippen LogP contribution is 2.16. The number of aromatic nitrogens is 1. The SMILES string of the molecule is Cc1ccc(CN2CCN(C(=O)CCN(CC3CCCO3)C(=O)c3cc(C)on3)CC2)cc1. The fourth-order valence-corrected chi connectivity index (χ4v) is 4.43. The maximum absolute atomic E-state index is 13.0. The fraction of sp³-hybridized carbons (Fsp3) is 0.560. The van der Waals surface area contributed by atoms with E-state index in [0.29, 0.717) is 38.4 Å². The van der Waals surface area contributed by atoms with Gasteiger partial charge in [-0.2, -0.15) is 0 Å². The van der Waals surface area contributed by atoms with Crippen LogP contribution in [0.25, 0.3) is 0 Å². The monoisotopic (exact) mass is 454 g/mol. The average Bonchev–Trinajstić information content (AvgIpc) is 3.50. The summed E-state index contributed by atoms with van der Waals surface area (Å²) in [6.07, 6.45) is 2.25. The molecule has 1 unspecified atom stereocenters. The number of benzene rings is 1. The Kier molecular flexibility index (Phi) is 7.77. The molecule has 0 radical (unpaired) electrons. The van der Waals surface area contributed by atoms with Gasteiger partial charge in [-0.25, -0.2) is 0 Å². The molecule has 2 aromatic rings. The normalized spacial score (nSPS) is 19.1. The molecule has 0 aliphatic carbocycles. The molecule has 2 aliphatic heterocycles. The van der Waals surface area contributed by atoms with Gasteiger partial charge < -0.3 is 19.1 Å². The van der Waals surface area contributed by atoms with Gasteiger partial charge in [0.1, 0.15) is 5.76 Å². The van der Waals surface area contributed by atoms with E-state index in [4.69, 9.17) is 9.26 Å². The maximum atomic E-state index is 13.0. The zero-order chi connectivity index (χ0) is 23.2. The van der Waals surface area contributed by atoms with Crippen LogP contribution in [0.1, 0.15) is 46.6 Å². The van der Waals surface area contributed by atoms with Crippen LogP contribution in [0.2, 0.25) is 0 Å². The molecule has 2 aliphatic rings. The highest BCUT2D eigenvalue weighted by Gasteiger charge is 2.27. The van der Waals surface area contributed by atoms with E-state index in [1.54, 1.807) is 17.9 Å². The first-order valence-electron chi connectivity index (χ1n) is 11.9. The molecular formula is C25H34N4O4. The quantitative estimate of drug-likeness (QED) is 0.610. The van der Waals surface area contributed by atoms with Gasteiger partial charge in [-0.3, -0.25) is 14.5 Å². The lowest BCUT2D eigenvalue weighted by Gasteiger charge is -2.35. The molecular weight excluding hydrogens is 420 g/mol. The van der Waals surface area contributed by atoms with Gasteiger partial charge in [0.2, 0.25) is 5.91 Å². The number of rotatable bonds is 8. The average molecular weight is 455 g/mol. The highest BCUT2D eigenvalue weighted by atomic mass is 16.5.